The van der Waals surface area contributed by atoms with E-state index in [2.05, 4.69) is 9.72 Å². The van der Waals surface area contributed by atoms with Crippen LogP contribution in [0.25, 0.3) is 10.8 Å². The zero-order valence-corrected chi connectivity index (χ0v) is 8.23. The van der Waals surface area contributed by atoms with Gasteiger partial charge in [-0.2, -0.15) is 0 Å². The molecule has 76 valence electrons. The number of fused-ring (bicyclic) bond motifs is 1. The number of carbonyl (C=O) groups excluding carboxylic acids is 1. The summed E-state index contributed by atoms with van der Waals surface area (Å²) < 4.78 is 4.67. The molecule has 0 aliphatic rings. The number of anilines is 1. The first-order chi connectivity index (χ1) is 7.24. The number of nitrogens with zero attached hydrogens (tertiary/aromatic N) is 1. The van der Waals surface area contributed by atoms with Crippen LogP contribution in [0, 0.1) is 0 Å². The third-order valence-electron chi connectivity index (χ3n) is 2.22. The van der Waals surface area contributed by atoms with Crippen LogP contribution in [-0.2, 0) is 4.74 Å². The van der Waals surface area contributed by atoms with Crippen LogP contribution in [0.2, 0.25) is 0 Å². The molecule has 0 aliphatic heterocycles. The zero-order valence-electron chi connectivity index (χ0n) is 8.23. The van der Waals surface area contributed by atoms with Gasteiger partial charge in [-0.3, -0.25) is 0 Å². The Morgan fingerprint density at radius 2 is 2.13 bits per heavy atom. The van der Waals surface area contributed by atoms with E-state index in [0.29, 0.717) is 5.56 Å². The molecular formula is C11H10N2O2. The van der Waals surface area contributed by atoms with Crippen molar-refractivity contribution < 1.29 is 9.53 Å². The summed E-state index contributed by atoms with van der Waals surface area (Å²) in [7, 11) is 1.32. The number of hydrogen-bond acceptors (Lipinski definition) is 4. The highest BCUT2D eigenvalue weighted by atomic mass is 16.5. The third kappa shape index (κ3) is 1.50. The maximum atomic E-state index is 11.5. The molecule has 1 aromatic heterocycles. The van der Waals surface area contributed by atoms with Gasteiger partial charge in [0.05, 0.1) is 7.11 Å². The molecule has 0 aliphatic carbocycles. The van der Waals surface area contributed by atoms with Gasteiger partial charge >= 0.3 is 5.97 Å². The quantitative estimate of drug-likeness (QED) is 0.713. The Kier molecular flexibility index (Phi) is 2.25. The number of benzene rings is 1. The second kappa shape index (κ2) is 3.57. The van der Waals surface area contributed by atoms with Crippen LogP contribution in [0.4, 0.5) is 5.82 Å². The van der Waals surface area contributed by atoms with E-state index in [0.717, 1.165) is 10.8 Å². The summed E-state index contributed by atoms with van der Waals surface area (Å²) in [6.45, 7) is 0. The number of methoxy groups -OCH3 is 1. The van der Waals surface area contributed by atoms with Crippen molar-refractivity contribution in [2.75, 3.05) is 12.8 Å². The van der Waals surface area contributed by atoms with Crippen molar-refractivity contribution in [3.05, 3.63) is 36.0 Å². The number of carbonyl (C=O) groups is 1. The lowest BCUT2D eigenvalue weighted by Gasteiger charge is -2.06. The molecule has 0 spiro atoms. The van der Waals surface area contributed by atoms with Crippen LogP contribution in [0.15, 0.2) is 30.5 Å². The minimum absolute atomic E-state index is 0.195. The molecule has 2 N–H and O–H groups in total. The Bertz CT molecular complexity index is 523. The topological polar surface area (TPSA) is 65.2 Å². The second-order valence-corrected chi connectivity index (χ2v) is 3.10. The number of aromatic nitrogens is 1. The third-order valence-corrected chi connectivity index (χ3v) is 2.22. The zero-order chi connectivity index (χ0) is 10.8. The lowest BCUT2D eigenvalue weighted by Crippen LogP contribution is -2.07. The molecule has 2 rings (SSSR count). The fourth-order valence-corrected chi connectivity index (χ4v) is 1.50. The number of nitrogens with two attached hydrogens (primary N) is 1. The number of ether oxygens (including phenoxy) is 1. The lowest BCUT2D eigenvalue weighted by molar-refractivity contribution is 0.0604. The predicted octanol–water partition coefficient (Wildman–Crippen LogP) is 1.60. The van der Waals surface area contributed by atoms with Crippen LogP contribution in [0.1, 0.15) is 10.4 Å². The Labute approximate surface area is 86.7 Å². The van der Waals surface area contributed by atoms with Gasteiger partial charge in [0, 0.05) is 17.0 Å². The minimum Gasteiger partial charge on any atom is -0.465 e. The highest BCUT2D eigenvalue weighted by Crippen LogP contribution is 2.22. The van der Waals surface area contributed by atoms with Crippen LogP contribution in [0.3, 0.4) is 0 Å². The molecule has 0 atom stereocenters. The van der Waals surface area contributed by atoms with E-state index in [1.807, 2.05) is 24.3 Å². The van der Waals surface area contributed by atoms with E-state index in [4.69, 9.17) is 5.73 Å². The molecule has 0 saturated carbocycles. The number of hydrogen-bond donors (Lipinski definition) is 1. The van der Waals surface area contributed by atoms with Gasteiger partial charge in [0.25, 0.3) is 0 Å². The fraction of sp³-hybridized carbons (Fsp3) is 0.0909. The molecule has 0 amide bonds. The molecule has 4 nitrogen and oxygen atoms in total. The molecule has 2 aromatic rings. The maximum Gasteiger partial charge on any atom is 0.342 e. The lowest BCUT2D eigenvalue weighted by atomic mass is 10.1. The highest BCUT2D eigenvalue weighted by Gasteiger charge is 2.14. The van der Waals surface area contributed by atoms with Crippen LogP contribution < -0.4 is 5.73 Å². The van der Waals surface area contributed by atoms with Crippen LogP contribution in [0.5, 0.6) is 0 Å². The monoisotopic (exact) mass is 202 g/mol. The first kappa shape index (κ1) is 9.45. The van der Waals surface area contributed by atoms with Gasteiger partial charge in [0.2, 0.25) is 0 Å². The summed E-state index contributed by atoms with van der Waals surface area (Å²) in [5.41, 5.74) is 5.98. The summed E-state index contributed by atoms with van der Waals surface area (Å²) in [6.07, 6.45) is 1.64. The van der Waals surface area contributed by atoms with Gasteiger partial charge in [-0.1, -0.05) is 24.3 Å². The van der Waals surface area contributed by atoms with Crippen molar-refractivity contribution in [1.82, 2.24) is 4.98 Å². The maximum absolute atomic E-state index is 11.5. The van der Waals surface area contributed by atoms with Gasteiger partial charge in [-0.15, -0.1) is 0 Å². The molecule has 0 saturated heterocycles. The molecule has 0 radical (unpaired) electrons. The number of nitrogen functional groups attached to an aromatic ring is 1. The molecule has 0 bridgehead atoms. The van der Waals surface area contributed by atoms with Crippen molar-refractivity contribution in [3.8, 4) is 0 Å². The van der Waals surface area contributed by atoms with Crippen molar-refractivity contribution in [2.24, 2.45) is 0 Å². The van der Waals surface area contributed by atoms with Crippen molar-refractivity contribution in [2.45, 2.75) is 0 Å². The molecule has 0 unspecified atom stereocenters. The summed E-state index contributed by atoms with van der Waals surface area (Å²) in [5, 5.41) is 1.63. The average Bonchev–Trinajstić information content (AvgIpc) is 2.28. The van der Waals surface area contributed by atoms with Crippen LogP contribution >= 0.6 is 0 Å². The Hall–Kier alpha value is -2.10. The minimum atomic E-state index is -0.461. The van der Waals surface area contributed by atoms with Gasteiger partial charge in [0.15, 0.2) is 0 Å². The normalized spacial score (nSPS) is 10.2. The van der Waals surface area contributed by atoms with E-state index in [-0.39, 0.29) is 5.82 Å². The van der Waals surface area contributed by atoms with Gasteiger partial charge in [0.1, 0.15) is 11.4 Å². The summed E-state index contributed by atoms with van der Waals surface area (Å²) in [5.74, 6) is -0.266. The van der Waals surface area contributed by atoms with Gasteiger partial charge < -0.3 is 10.5 Å². The summed E-state index contributed by atoms with van der Waals surface area (Å²) in [6, 6.07) is 7.41. The Balaban J connectivity index is 2.79. The Morgan fingerprint density at radius 3 is 2.87 bits per heavy atom. The number of esters is 1. The molecule has 0 fully saturated rings. The summed E-state index contributed by atoms with van der Waals surface area (Å²) >= 11 is 0. The molecule has 1 heterocycles. The van der Waals surface area contributed by atoms with Crippen molar-refractivity contribution in [1.29, 1.82) is 0 Å². The van der Waals surface area contributed by atoms with E-state index >= 15 is 0 Å². The Morgan fingerprint density at radius 1 is 1.40 bits per heavy atom. The van der Waals surface area contributed by atoms with E-state index in [1.165, 1.54) is 7.11 Å². The first-order valence-electron chi connectivity index (χ1n) is 4.45. The smallest absolute Gasteiger partial charge is 0.342 e. The SMILES string of the molecule is COC(=O)c1c(N)ncc2ccccc12. The second-order valence-electron chi connectivity index (χ2n) is 3.10. The van der Waals surface area contributed by atoms with E-state index in [9.17, 15) is 4.79 Å². The van der Waals surface area contributed by atoms with Crippen molar-refractivity contribution >= 4 is 22.6 Å². The largest absolute Gasteiger partial charge is 0.465 e. The molecular weight excluding hydrogens is 192 g/mol. The number of rotatable bonds is 1. The van der Waals surface area contributed by atoms with Crippen LogP contribution in [-0.4, -0.2) is 18.1 Å². The van der Waals surface area contributed by atoms with E-state index in [1.54, 1.807) is 6.20 Å². The van der Waals surface area contributed by atoms with E-state index < -0.39 is 5.97 Å². The average molecular weight is 202 g/mol. The summed E-state index contributed by atoms with van der Waals surface area (Å²) in [4.78, 5) is 15.5. The standard InChI is InChI=1S/C11H10N2O2/c1-15-11(14)9-8-5-3-2-4-7(8)6-13-10(9)12/h2-6H,1H3,(H2,12,13). The molecule has 15 heavy (non-hydrogen) atoms. The molecule has 4 heteroatoms. The van der Waals surface area contributed by atoms with Crippen molar-refractivity contribution in [3.63, 3.8) is 0 Å². The van der Waals surface area contributed by atoms with Gasteiger partial charge in [-0.25, -0.2) is 9.78 Å². The molecule has 1 aromatic carbocycles. The first-order valence-corrected chi connectivity index (χ1v) is 4.45. The predicted molar refractivity (Wildman–Crippen MR) is 57.5 cm³/mol. The highest BCUT2D eigenvalue weighted by molar-refractivity contribution is 6.07. The fourth-order valence-electron chi connectivity index (χ4n) is 1.50. The number of pyridine rings is 1. The van der Waals surface area contributed by atoms with Gasteiger partial charge in [-0.05, 0) is 0 Å².